The van der Waals surface area contributed by atoms with E-state index < -0.39 is 23.9 Å². The second kappa shape index (κ2) is 11.7. The number of phenols is 1. The minimum absolute atomic E-state index is 0.0148. The van der Waals surface area contributed by atoms with Crippen molar-refractivity contribution in [2.24, 2.45) is 17.8 Å². The first-order valence-corrected chi connectivity index (χ1v) is 13.7. The number of hydrogen-bond donors (Lipinski definition) is 3. The lowest BCUT2D eigenvalue weighted by molar-refractivity contribution is -0.143. The van der Waals surface area contributed by atoms with Crippen LogP contribution in [0, 0.1) is 17.8 Å². The smallest absolute Gasteiger partial charge is 0.234 e. The molecule has 1 aromatic rings. The number of hydrogen-bond acceptors (Lipinski definition) is 5. The van der Waals surface area contributed by atoms with E-state index in [9.17, 15) is 24.9 Å². The van der Waals surface area contributed by atoms with Crippen LogP contribution in [-0.4, -0.2) is 50.8 Å². The molecule has 2 amide bonds. The second-order valence-electron chi connectivity index (χ2n) is 10.9. The molecule has 1 aromatic carbocycles. The number of benzene rings is 1. The van der Waals surface area contributed by atoms with Gasteiger partial charge in [-0.25, -0.2) is 0 Å². The number of aliphatic hydroxyl groups is 2. The molecule has 4 atom stereocenters. The van der Waals surface area contributed by atoms with Gasteiger partial charge in [0, 0.05) is 12.0 Å². The van der Waals surface area contributed by atoms with Gasteiger partial charge in [0.15, 0.2) is 0 Å². The first-order chi connectivity index (χ1) is 17.3. The SMILES string of the molecule is CCC/C(=C\c1ccc(O)cc1)CC[C@@H](O)C1=C(C)C[C@H]2C(=O)N(C3CCCCC3)C(=O)[C@H]2[C@H]1CO. The quantitative estimate of drug-likeness (QED) is 0.332. The van der Waals surface area contributed by atoms with Crippen molar-refractivity contribution in [3.05, 3.63) is 46.5 Å². The van der Waals surface area contributed by atoms with Gasteiger partial charge in [0.1, 0.15) is 5.75 Å². The van der Waals surface area contributed by atoms with Gasteiger partial charge in [0.05, 0.1) is 24.5 Å². The number of likely N-dealkylation sites (tertiary alicyclic amines) is 1. The number of rotatable bonds is 9. The average Bonchev–Trinajstić information content (AvgIpc) is 3.12. The number of aliphatic hydroxyl groups excluding tert-OH is 2. The summed E-state index contributed by atoms with van der Waals surface area (Å²) in [6.45, 7) is 3.82. The van der Waals surface area contributed by atoms with E-state index in [4.69, 9.17) is 0 Å². The Labute approximate surface area is 214 Å². The van der Waals surface area contributed by atoms with Gasteiger partial charge in [-0.2, -0.15) is 0 Å². The van der Waals surface area contributed by atoms with E-state index in [0.29, 0.717) is 19.3 Å². The predicted octanol–water partition coefficient (Wildman–Crippen LogP) is 4.98. The molecule has 0 radical (unpaired) electrons. The zero-order chi connectivity index (χ0) is 25.8. The summed E-state index contributed by atoms with van der Waals surface area (Å²) >= 11 is 0. The van der Waals surface area contributed by atoms with Crippen molar-refractivity contribution in [1.82, 2.24) is 4.90 Å². The Bertz CT molecular complexity index is 1000. The predicted molar refractivity (Wildman–Crippen MR) is 140 cm³/mol. The number of amides is 2. The summed E-state index contributed by atoms with van der Waals surface area (Å²) in [5.41, 5.74) is 3.91. The van der Waals surface area contributed by atoms with E-state index in [1.807, 2.05) is 19.1 Å². The molecule has 0 unspecified atom stereocenters. The van der Waals surface area contributed by atoms with Gasteiger partial charge < -0.3 is 15.3 Å². The maximum atomic E-state index is 13.5. The first-order valence-electron chi connectivity index (χ1n) is 13.7. The molecule has 2 fully saturated rings. The van der Waals surface area contributed by atoms with Crippen LogP contribution in [0.4, 0.5) is 0 Å². The lowest BCUT2D eigenvalue weighted by Gasteiger charge is -2.35. The number of carbonyl (C=O) groups is 2. The molecule has 196 valence electrons. The summed E-state index contributed by atoms with van der Waals surface area (Å²) in [5, 5.41) is 31.3. The highest BCUT2D eigenvalue weighted by atomic mass is 16.3. The monoisotopic (exact) mass is 495 g/mol. The van der Waals surface area contributed by atoms with Crippen LogP contribution in [0.5, 0.6) is 5.75 Å². The van der Waals surface area contributed by atoms with E-state index >= 15 is 0 Å². The van der Waals surface area contributed by atoms with Crippen molar-refractivity contribution in [3.8, 4) is 5.75 Å². The normalized spacial score (nSPS) is 26.5. The van der Waals surface area contributed by atoms with E-state index in [0.717, 1.165) is 61.7 Å². The van der Waals surface area contributed by atoms with Crippen LogP contribution in [0.2, 0.25) is 0 Å². The van der Waals surface area contributed by atoms with Gasteiger partial charge >= 0.3 is 0 Å². The third kappa shape index (κ3) is 5.45. The summed E-state index contributed by atoms with van der Waals surface area (Å²) < 4.78 is 0. The van der Waals surface area contributed by atoms with Crippen molar-refractivity contribution in [1.29, 1.82) is 0 Å². The highest BCUT2D eigenvalue weighted by Gasteiger charge is 2.55. The molecule has 6 heteroatoms. The maximum absolute atomic E-state index is 13.5. The Balaban J connectivity index is 1.50. The molecule has 3 aliphatic rings. The summed E-state index contributed by atoms with van der Waals surface area (Å²) in [6.07, 6.45) is 9.88. The summed E-state index contributed by atoms with van der Waals surface area (Å²) in [4.78, 5) is 28.4. The Morgan fingerprint density at radius 3 is 2.42 bits per heavy atom. The van der Waals surface area contributed by atoms with Crippen LogP contribution in [-0.2, 0) is 9.59 Å². The minimum Gasteiger partial charge on any atom is -0.508 e. The van der Waals surface area contributed by atoms with E-state index in [2.05, 4.69) is 13.0 Å². The van der Waals surface area contributed by atoms with E-state index in [-0.39, 0.29) is 30.2 Å². The number of imide groups is 1. The first kappa shape index (κ1) is 26.6. The summed E-state index contributed by atoms with van der Waals surface area (Å²) in [7, 11) is 0. The third-order valence-electron chi connectivity index (χ3n) is 8.43. The topological polar surface area (TPSA) is 98.1 Å². The fraction of sp³-hybridized carbons (Fsp3) is 0.600. The van der Waals surface area contributed by atoms with Crippen molar-refractivity contribution >= 4 is 17.9 Å². The maximum Gasteiger partial charge on any atom is 0.234 e. The molecule has 3 N–H and O–H groups in total. The Kier molecular flexibility index (Phi) is 8.68. The molecule has 1 saturated heterocycles. The number of fused-ring (bicyclic) bond motifs is 1. The average molecular weight is 496 g/mol. The van der Waals surface area contributed by atoms with Gasteiger partial charge in [-0.05, 0) is 68.7 Å². The molecule has 6 nitrogen and oxygen atoms in total. The molecular weight excluding hydrogens is 454 g/mol. The van der Waals surface area contributed by atoms with Crippen LogP contribution in [0.15, 0.2) is 41.0 Å². The van der Waals surface area contributed by atoms with Crippen LogP contribution in [0.3, 0.4) is 0 Å². The number of aromatic hydroxyl groups is 1. The number of carbonyl (C=O) groups excluding carboxylic acids is 2. The van der Waals surface area contributed by atoms with Crippen LogP contribution in [0.25, 0.3) is 6.08 Å². The largest absolute Gasteiger partial charge is 0.508 e. The highest BCUT2D eigenvalue weighted by molar-refractivity contribution is 6.06. The van der Waals surface area contributed by atoms with E-state index in [1.165, 1.54) is 10.5 Å². The highest BCUT2D eigenvalue weighted by Crippen LogP contribution is 2.47. The van der Waals surface area contributed by atoms with Gasteiger partial charge in [-0.1, -0.05) is 62.0 Å². The molecule has 0 bridgehead atoms. The Hall–Kier alpha value is -2.44. The zero-order valence-corrected chi connectivity index (χ0v) is 21.7. The fourth-order valence-corrected chi connectivity index (χ4v) is 6.71. The van der Waals surface area contributed by atoms with Crippen molar-refractivity contribution in [2.45, 2.75) is 90.2 Å². The van der Waals surface area contributed by atoms with Gasteiger partial charge in [-0.15, -0.1) is 0 Å². The van der Waals surface area contributed by atoms with Gasteiger partial charge in [-0.3, -0.25) is 14.5 Å². The number of nitrogens with zero attached hydrogens (tertiary/aromatic N) is 1. The molecule has 1 saturated carbocycles. The molecule has 1 aliphatic heterocycles. The lowest BCUT2D eigenvalue weighted by atomic mass is 9.68. The minimum atomic E-state index is -0.769. The van der Waals surface area contributed by atoms with Gasteiger partial charge in [0.2, 0.25) is 11.8 Å². The van der Waals surface area contributed by atoms with Crippen LogP contribution >= 0.6 is 0 Å². The van der Waals surface area contributed by atoms with E-state index in [1.54, 1.807) is 12.1 Å². The standard InChI is InChI=1S/C30H41NO5/c1-3-7-20(17-21-10-13-23(33)14-11-21)12-15-26(34)27-19(2)16-24-28(25(27)18-32)30(36)31(29(24)35)22-8-5-4-6-9-22/h10-11,13-14,17,22,24-26,28,32-34H,3-9,12,15-16,18H2,1-2H3/b20-17+/t24-,25+,26-,28-/m1/s1. The molecule has 36 heavy (non-hydrogen) atoms. The zero-order valence-electron chi connectivity index (χ0n) is 21.7. The molecular formula is C30H41NO5. The van der Waals surface area contributed by atoms with Crippen LogP contribution in [0.1, 0.15) is 83.6 Å². The molecule has 0 aromatic heterocycles. The third-order valence-corrected chi connectivity index (χ3v) is 8.43. The number of allylic oxidation sites excluding steroid dienone is 2. The summed E-state index contributed by atoms with van der Waals surface area (Å²) in [6, 6.07) is 7.06. The second-order valence-corrected chi connectivity index (χ2v) is 10.9. The Morgan fingerprint density at radius 1 is 1.08 bits per heavy atom. The van der Waals surface area contributed by atoms with Gasteiger partial charge in [0.25, 0.3) is 0 Å². The van der Waals surface area contributed by atoms with Crippen molar-refractivity contribution < 1.29 is 24.9 Å². The number of phenolic OH excluding ortho intramolecular Hbond substituents is 1. The fourth-order valence-electron chi connectivity index (χ4n) is 6.71. The van der Waals surface area contributed by atoms with Crippen molar-refractivity contribution in [2.75, 3.05) is 6.61 Å². The molecule has 0 spiro atoms. The van der Waals surface area contributed by atoms with Crippen LogP contribution < -0.4 is 0 Å². The molecule has 4 rings (SSSR count). The lowest BCUT2D eigenvalue weighted by Crippen LogP contribution is -2.42. The molecule has 1 heterocycles. The Morgan fingerprint density at radius 2 is 1.78 bits per heavy atom. The van der Waals surface area contributed by atoms with Crippen molar-refractivity contribution in [3.63, 3.8) is 0 Å². The molecule has 2 aliphatic carbocycles. The summed E-state index contributed by atoms with van der Waals surface area (Å²) in [5.74, 6) is -1.50.